The molecule has 2 heterocycles. The minimum absolute atomic E-state index is 0.318. The zero-order chi connectivity index (χ0) is 23.7. The first-order chi connectivity index (χ1) is 16.5. The fraction of sp³-hybridized carbons (Fsp3) is 0.259. The quantitative estimate of drug-likeness (QED) is 0.331. The number of anilines is 1. The predicted octanol–water partition coefficient (Wildman–Crippen LogP) is 5.39. The molecule has 4 aromatic rings. The summed E-state index contributed by atoms with van der Waals surface area (Å²) >= 11 is 0. The van der Waals surface area contributed by atoms with Crippen LogP contribution in [0.2, 0.25) is 0 Å². The van der Waals surface area contributed by atoms with Crippen molar-refractivity contribution in [3.05, 3.63) is 84.1 Å². The normalized spacial score (nSPS) is 14.2. The molecule has 3 N–H and O–H groups in total. The van der Waals surface area contributed by atoms with Gasteiger partial charge in [0.25, 0.3) is 0 Å². The summed E-state index contributed by atoms with van der Waals surface area (Å²) in [6.45, 7) is 4.75. The van der Waals surface area contributed by atoms with Gasteiger partial charge < -0.3 is 10.4 Å². The predicted molar refractivity (Wildman–Crippen MR) is 131 cm³/mol. The maximum absolute atomic E-state index is 11.6. The molecule has 1 aliphatic carbocycles. The molecule has 0 aliphatic heterocycles. The van der Waals surface area contributed by atoms with Gasteiger partial charge in [-0.15, -0.1) is 0 Å². The highest BCUT2D eigenvalue weighted by Gasteiger charge is 2.51. The third-order valence-electron chi connectivity index (χ3n) is 6.54. The van der Waals surface area contributed by atoms with Crippen molar-refractivity contribution < 1.29 is 9.90 Å². The smallest absolute Gasteiger partial charge is 0.314 e. The topological polar surface area (TPSA) is 104 Å². The zero-order valence-electron chi connectivity index (χ0n) is 19.2. The lowest BCUT2D eigenvalue weighted by molar-refractivity contribution is -0.140. The molecule has 172 valence electrons. The lowest BCUT2D eigenvalue weighted by atomic mass is 9.93. The summed E-state index contributed by atoms with van der Waals surface area (Å²) in [5.74, 6) is 0.328. The molecule has 0 atom stereocenters. The van der Waals surface area contributed by atoms with Gasteiger partial charge in [0.15, 0.2) is 0 Å². The summed E-state index contributed by atoms with van der Waals surface area (Å²) in [6, 6.07) is 16.2. The molecule has 0 spiro atoms. The van der Waals surface area contributed by atoms with Gasteiger partial charge in [-0.2, -0.15) is 5.10 Å². The highest BCUT2D eigenvalue weighted by atomic mass is 16.4. The number of aromatic nitrogens is 4. The lowest BCUT2D eigenvalue weighted by Gasteiger charge is -2.11. The number of nitrogens with zero attached hydrogens (tertiary/aromatic N) is 3. The Balaban J connectivity index is 1.30. The fourth-order valence-electron chi connectivity index (χ4n) is 4.19. The van der Waals surface area contributed by atoms with Crippen molar-refractivity contribution in [1.82, 2.24) is 20.2 Å². The Morgan fingerprint density at radius 3 is 2.26 bits per heavy atom. The first-order valence-electron chi connectivity index (χ1n) is 11.5. The third kappa shape index (κ3) is 4.17. The van der Waals surface area contributed by atoms with Crippen molar-refractivity contribution in [2.75, 3.05) is 5.32 Å². The molecule has 7 nitrogen and oxygen atoms in total. The summed E-state index contributed by atoms with van der Waals surface area (Å²) in [5, 5.41) is 20.2. The Bertz CT molecular complexity index is 1310. The molecule has 1 aliphatic rings. The first-order valence-corrected chi connectivity index (χ1v) is 11.5. The SMILES string of the molecule is CC(C)c1cncc(NCc2[nH]ncc2-c2ccc(-c3ccc(C4(C(=O)O)CC4)cc3)cc2)n1. The summed E-state index contributed by atoms with van der Waals surface area (Å²) in [4.78, 5) is 20.5. The summed E-state index contributed by atoms with van der Waals surface area (Å²) in [7, 11) is 0. The van der Waals surface area contributed by atoms with Crippen LogP contribution in [0.3, 0.4) is 0 Å². The van der Waals surface area contributed by atoms with Crippen LogP contribution in [0.4, 0.5) is 5.82 Å². The molecule has 1 saturated carbocycles. The highest BCUT2D eigenvalue weighted by molar-refractivity contribution is 5.85. The molecule has 2 aromatic carbocycles. The Morgan fingerprint density at radius 1 is 1.00 bits per heavy atom. The van der Waals surface area contributed by atoms with Gasteiger partial charge in [-0.3, -0.25) is 14.9 Å². The number of H-pyrrole nitrogens is 1. The van der Waals surface area contributed by atoms with Gasteiger partial charge in [0.1, 0.15) is 5.82 Å². The molecule has 5 rings (SSSR count). The van der Waals surface area contributed by atoms with Crippen molar-refractivity contribution in [3.8, 4) is 22.3 Å². The van der Waals surface area contributed by atoms with Crippen LogP contribution in [0, 0.1) is 0 Å². The number of aromatic amines is 1. The number of rotatable bonds is 8. The van der Waals surface area contributed by atoms with Crippen LogP contribution in [-0.2, 0) is 16.8 Å². The number of carboxylic acids is 1. The Labute approximate surface area is 198 Å². The fourth-order valence-corrected chi connectivity index (χ4v) is 4.19. The van der Waals surface area contributed by atoms with Gasteiger partial charge in [-0.05, 0) is 41.0 Å². The maximum Gasteiger partial charge on any atom is 0.314 e. The van der Waals surface area contributed by atoms with E-state index in [2.05, 4.69) is 63.6 Å². The van der Waals surface area contributed by atoms with Crippen molar-refractivity contribution in [2.45, 2.75) is 44.6 Å². The maximum atomic E-state index is 11.6. The molecule has 1 fully saturated rings. The molecule has 0 bridgehead atoms. The van der Waals surface area contributed by atoms with Crippen molar-refractivity contribution >= 4 is 11.8 Å². The largest absolute Gasteiger partial charge is 0.481 e. The molecule has 34 heavy (non-hydrogen) atoms. The van der Waals surface area contributed by atoms with Gasteiger partial charge in [0.05, 0.1) is 35.7 Å². The molecule has 0 unspecified atom stereocenters. The number of hydrogen-bond donors (Lipinski definition) is 3. The van der Waals surface area contributed by atoms with Crippen molar-refractivity contribution in [2.24, 2.45) is 0 Å². The Morgan fingerprint density at radius 2 is 1.65 bits per heavy atom. The zero-order valence-corrected chi connectivity index (χ0v) is 19.2. The van der Waals surface area contributed by atoms with Crippen LogP contribution >= 0.6 is 0 Å². The van der Waals surface area contributed by atoms with E-state index >= 15 is 0 Å². The Kier molecular flexibility index (Phi) is 5.61. The Hall–Kier alpha value is -4.00. The van der Waals surface area contributed by atoms with Gasteiger partial charge >= 0.3 is 5.97 Å². The molecule has 0 radical (unpaired) electrons. The minimum atomic E-state index is -0.727. The van der Waals surface area contributed by atoms with E-state index in [0.29, 0.717) is 25.3 Å². The van der Waals surface area contributed by atoms with Crippen LogP contribution in [0.15, 0.2) is 67.1 Å². The molecular formula is C27H27N5O2. The van der Waals surface area contributed by atoms with Crippen LogP contribution in [-0.4, -0.2) is 31.2 Å². The van der Waals surface area contributed by atoms with Gasteiger partial charge in [-0.25, -0.2) is 4.98 Å². The van der Waals surface area contributed by atoms with E-state index in [-0.39, 0.29) is 0 Å². The van der Waals surface area contributed by atoms with Crippen LogP contribution in [0.5, 0.6) is 0 Å². The second-order valence-electron chi connectivity index (χ2n) is 9.14. The molecular weight excluding hydrogens is 426 g/mol. The average Bonchev–Trinajstić information content (AvgIpc) is 3.55. The second-order valence-corrected chi connectivity index (χ2v) is 9.14. The summed E-state index contributed by atoms with van der Waals surface area (Å²) in [6.07, 6.45) is 6.78. The van der Waals surface area contributed by atoms with Gasteiger partial charge in [0, 0.05) is 11.8 Å². The molecule has 7 heteroatoms. The van der Waals surface area contributed by atoms with Gasteiger partial charge in [0.2, 0.25) is 0 Å². The van der Waals surface area contributed by atoms with E-state index in [1.54, 1.807) is 12.4 Å². The number of nitrogens with one attached hydrogen (secondary N) is 2. The number of aliphatic carboxylic acids is 1. The summed E-state index contributed by atoms with van der Waals surface area (Å²) < 4.78 is 0. The van der Waals surface area contributed by atoms with Crippen LogP contribution in [0.1, 0.15) is 49.6 Å². The van der Waals surface area contributed by atoms with Crippen molar-refractivity contribution in [3.63, 3.8) is 0 Å². The summed E-state index contributed by atoms with van der Waals surface area (Å²) in [5.41, 5.74) is 6.38. The average molecular weight is 454 g/mol. The highest BCUT2D eigenvalue weighted by Crippen LogP contribution is 2.48. The number of carboxylic acid groups (broad SMARTS) is 1. The first kappa shape index (κ1) is 21.8. The monoisotopic (exact) mass is 453 g/mol. The number of hydrogen-bond acceptors (Lipinski definition) is 5. The lowest BCUT2D eigenvalue weighted by Crippen LogP contribution is -2.19. The van der Waals surface area contributed by atoms with E-state index < -0.39 is 11.4 Å². The number of carbonyl (C=O) groups is 1. The standard InChI is InChI=1S/C27H27N5O2/c1-17(2)23-14-28-16-25(31-23)29-15-24-22(13-30-32-24)20-5-3-18(4-6-20)19-7-9-21(10-8-19)27(11-12-27)26(33)34/h3-10,13-14,16-17H,11-12,15H2,1-2H3,(H,29,31)(H,30,32)(H,33,34). The minimum Gasteiger partial charge on any atom is -0.481 e. The van der Waals surface area contributed by atoms with Gasteiger partial charge in [-0.1, -0.05) is 62.4 Å². The van der Waals surface area contributed by atoms with Crippen LogP contribution in [0.25, 0.3) is 22.3 Å². The molecule has 0 amide bonds. The van der Waals surface area contributed by atoms with E-state index in [9.17, 15) is 9.90 Å². The number of benzene rings is 2. The van der Waals surface area contributed by atoms with Crippen LogP contribution < -0.4 is 5.32 Å². The van der Waals surface area contributed by atoms with E-state index in [1.165, 1.54) is 0 Å². The van der Waals surface area contributed by atoms with E-state index in [1.807, 2.05) is 30.5 Å². The third-order valence-corrected chi connectivity index (χ3v) is 6.54. The van der Waals surface area contributed by atoms with E-state index in [4.69, 9.17) is 0 Å². The second kappa shape index (κ2) is 8.74. The van der Waals surface area contributed by atoms with E-state index in [0.717, 1.165) is 45.0 Å². The molecule has 2 aromatic heterocycles. The molecule has 0 saturated heterocycles. The van der Waals surface area contributed by atoms with Crippen molar-refractivity contribution in [1.29, 1.82) is 0 Å².